The number of benzene rings is 3. The predicted molar refractivity (Wildman–Crippen MR) is 147 cm³/mol. The van der Waals surface area contributed by atoms with E-state index in [2.05, 4.69) is 88.7 Å². The molecule has 2 saturated heterocycles. The maximum Gasteiger partial charge on any atom is 0.224 e. The zero-order valence-corrected chi connectivity index (χ0v) is 21.5. The van der Waals surface area contributed by atoms with E-state index in [0.29, 0.717) is 5.92 Å². The summed E-state index contributed by atoms with van der Waals surface area (Å²) >= 11 is 0. The van der Waals surface area contributed by atoms with Crippen molar-refractivity contribution >= 4 is 5.91 Å². The average Bonchev–Trinajstić information content (AvgIpc) is 3.25. The summed E-state index contributed by atoms with van der Waals surface area (Å²) in [5.74, 6) is 0.142. The smallest absolute Gasteiger partial charge is 0.224 e. The lowest BCUT2D eigenvalue weighted by Gasteiger charge is -2.45. The molecule has 3 unspecified atom stereocenters. The summed E-state index contributed by atoms with van der Waals surface area (Å²) in [5, 5.41) is 0. The molecular formula is C32H39N3O. The molecule has 4 heteroatoms. The van der Waals surface area contributed by atoms with E-state index in [9.17, 15) is 4.79 Å². The van der Waals surface area contributed by atoms with E-state index < -0.39 is 0 Å². The number of fused-ring (bicyclic) bond motifs is 1. The Bertz CT molecular complexity index is 1150. The number of amides is 1. The number of nitrogens with two attached hydrogens (primary N) is 1. The van der Waals surface area contributed by atoms with Crippen molar-refractivity contribution in [2.24, 2.45) is 17.1 Å². The summed E-state index contributed by atoms with van der Waals surface area (Å²) in [6.45, 7) is 8.55. The Morgan fingerprint density at radius 3 is 2.28 bits per heavy atom. The summed E-state index contributed by atoms with van der Waals surface area (Å²) in [6.07, 6.45) is 3.32. The lowest BCUT2D eigenvalue weighted by Crippen LogP contribution is -2.50. The van der Waals surface area contributed by atoms with Gasteiger partial charge in [-0.25, -0.2) is 0 Å². The summed E-state index contributed by atoms with van der Waals surface area (Å²) in [7, 11) is 0. The highest BCUT2D eigenvalue weighted by Gasteiger charge is 2.49. The summed E-state index contributed by atoms with van der Waals surface area (Å²) in [4.78, 5) is 17.5. The number of hydrogen-bond donors (Lipinski definition) is 1. The van der Waals surface area contributed by atoms with Crippen molar-refractivity contribution in [2.75, 3.05) is 32.7 Å². The van der Waals surface area contributed by atoms with Crippen molar-refractivity contribution in [1.29, 1.82) is 0 Å². The first-order chi connectivity index (χ1) is 17.5. The highest BCUT2D eigenvalue weighted by Crippen LogP contribution is 2.46. The molecule has 2 N–H and O–H groups in total. The molecule has 2 aliphatic rings. The number of hydrogen-bond acceptors (Lipinski definition) is 3. The van der Waals surface area contributed by atoms with E-state index in [1.54, 1.807) is 0 Å². The zero-order chi connectivity index (χ0) is 25.0. The maximum absolute atomic E-state index is 12.1. The number of carbonyl (C=O) groups is 1. The molecule has 0 spiro atoms. The van der Waals surface area contributed by atoms with E-state index in [1.807, 2.05) is 13.0 Å². The zero-order valence-electron chi connectivity index (χ0n) is 21.5. The molecule has 3 aromatic rings. The van der Waals surface area contributed by atoms with Gasteiger partial charge in [0.15, 0.2) is 0 Å². The van der Waals surface area contributed by atoms with Crippen LogP contribution in [0.25, 0.3) is 0 Å². The first-order valence-electron chi connectivity index (χ1n) is 13.4. The molecule has 36 heavy (non-hydrogen) atoms. The highest BCUT2D eigenvalue weighted by molar-refractivity contribution is 5.81. The van der Waals surface area contributed by atoms with Crippen molar-refractivity contribution in [3.05, 3.63) is 107 Å². The van der Waals surface area contributed by atoms with E-state index in [0.717, 1.165) is 57.7 Å². The molecule has 188 valence electrons. The van der Waals surface area contributed by atoms with Crippen LogP contribution in [0.1, 0.15) is 41.5 Å². The summed E-state index contributed by atoms with van der Waals surface area (Å²) in [5.41, 5.74) is 11.1. The van der Waals surface area contributed by atoms with E-state index in [1.165, 1.54) is 23.1 Å². The van der Waals surface area contributed by atoms with Crippen LogP contribution in [-0.2, 0) is 24.2 Å². The van der Waals surface area contributed by atoms with Gasteiger partial charge in [-0.3, -0.25) is 9.69 Å². The van der Waals surface area contributed by atoms with Gasteiger partial charge < -0.3 is 10.6 Å². The van der Waals surface area contributed by atoms with Crippen LogP contribution in [0.5, 0.6) is 0 Å². The summed E-state index contributed by atoms with van der Waals surface area (Å²) < 4.78 is 0. The van der Waals surface area contributed by atoms with Crippen molar-refractivity contribution in [1.82, 2.24) is 9.80 Å². The molecule has 0 saturated carbocycles. The number of nitrogens with zero attached hydrogens (tertiary/aromatic N) is 2. The van der Waals surface area contributed by atoms with Crippen LogP contribution >= 0.6 is 0 Å². The second-order valence-electron chi connectivity index (χ2n) is 11.0. The van der Waals surface area contributed by atoms with Gasteiger partial charge in [-0.05, 0) is 60.9 Å². The van der Waals surface area contributed by atoms with Gasteiger partial charge in [0.25, 0.3) is 0 Å². The molecule has 3 atom stereocenters. The van der Waals surface area contributed by atoms with Crippen molar-refractivity contribution < 1.29 is 4.79 Å². The Morgan fingerprint density at radius 1 is 0.917 bits per heavy atom. The van der Waals surface area contributed by atoms with E-state index >= 15 is 0 Å². The van der Waals surface area contributed by atoms with E-state index in [4.69, 9.17) is 5.73 Å². The number of carbonyl (C=O) groups excluding carboxylic acids is 1. The molecule has 3 aromatic carbocycles. The molecule has 2 aliphatic heterocycles. The first-order valence-corrected chi connectivity index (χ1v) is 13.4. The van der Waals surface area contributed by atoms with Gasteiger partial charge in [0.1, 0.15) is 0 Å². The Morgan fingerprint density at radius 2 is 1.56 bits per heavy atom. The molecule has 2 heterocycles. The van der Waals surface area contributed by atoms with Gasteiger partial charge in [0, 0.05) is 38.1 Å². The average molecular weight is 482 g/mol. The fourth-order valence-corrected chi connectivity index (χ4v) is 6.57. The fourth-order valence-electron chi connectivity index (χ4n) is 6.57. The number of rotatable bonds is 9. The molecular weight excluding hydrogens is 442 g/mol. The van der Waals surface area contributed by atoms with Crippen LogP contribution in [0.15, 0.2) is 84.9 Å². The second kappa shape index (κ2) is 11.0. The highest BCUT2D eigenvalue weighted by atomic mass is 16.1. The van der Waals surface area contributed by atoms with Gasteiger partial charge in [-0.15, -0.1) is 0 Å². The predicted octanol–water partition coefficient (Wildman–Crippen LogP) is 4.88. The van der Waals surface area contributed by atoms with E-state index in [-0.39, 0.29) is 17.2 Å². The Kier molecular flexibility index (Phi) is 7.54. The summed E-state index contributed by atoms with van der Waals surface area (Å²) in [6, 6.07) is 30.2. The third-order valence-electron chi connectivity index (χ3n) is 8.51. The minimum Gasteiger partial charge on any atom is -0.369 e. The minimum absolute atomic E-state index is 0.178. The lowest BCUT2D eigenvalue weighted by atomic mass is 9.68. The van der Waals surface area contributed by atoms with Crippen molar-refractivity contribution in [3.63, 3.8) is 0 Å². The quantitative estimate of drug-likeness (QED) is 0.474. The fraction of sp³-hybridized carbons (Fsp3) is 0.406. The molecule has 0 radical (unpaired) electrons. The Balaban J connectivity index is 1.39. The first kappa shape index (κ1) is 24.7. The maximum atomic E-state index is 12.1. The van der Waals surface area contributed by atoms with Gasteiger partial charge in [-0.2, -0.15) is 0 Å². The van der Waals surface area contributed by atoms with Gasteiger partial charge >= 0.3 is 0 Å². The lowest BCUT2D eigenvalue weighted by molar-refractivity contribution is -0.119. The van der Waals surface area contributed by atoms with Crippen LogP contribution in [0.3, 0.4) is 0 Å². The third-order valence-corrected chi connectivity index (χ3v) is 8.51. The molecule has 0 aromatic heterocycles. The minimum atomic E-state index is -0.268. The molecule has 5 rings (SSSR count). The largest absolute Gasteiger partial charge is 0.369 e. The van der Waals surface area contributed by atoms with Crippen LogP contribution in [-0.4, -0.2) is 48.4 Å². The van der Waals surface area contributed by atoms with Crippen LogP contribution in [0, 0.1) is 11.3 Å². The monoisotopic (exact) mass is 481 g/mol. The molecule has 2 fully saturated rings. The molecule has 4 nitrogen and oxygen atoms in total. The number of piperidine rings is 1. The second-order valence-corrected chi connectivity index (χ2v) is 11.0. The van der Waals surface area contributed by atoms with Crippen molar-refractivity contribution in [3.8, 4) is 0 Å². The van der Waals surface area contributed by atoms with Gasteiger partial charge in [-0.1, -0.05) is 84.9 Å². The normalized spacial score (nSPS) is 23.3. The van der Waals surface area contributed by atoms with Gasteiger partial charge in [0.05, 0.1) is 5.92 Å². The molecule has 0 aliphatic carbocycles. The van der Waals surface area contributed by atoms with Crippen LogP contribution < -0.4 is 5.73 Å². The standard InChI is InChI=1S/C32H39N3O/c1-25(31(33)36)30-15-9-8-14-28(30)20-32-23-34(18-16-26-10-4-2-5-11-26)19-17-29(32)22-35(24-32)21-27-12-6-3-7-13-27/h2-15,25,29H,16-24H2,1H3,(H2,33,36). The van der Waals surface area contributed by atoms with Crippen molar-refractivity contribution in [2.45, 2.75) is 38.6 Å². The molecule has 1 amide bonds. The van der Waals surface area contributed by atoms with Crippen LogP contribution in [0.2, 0.25) is 0 Å². The Hall–Kier alpha value is -2.95. The Labute approximate surface area is 216 Å². The SMILES string of the molecule is CC(C(N)=O)c1ccccc1CC12CN(CCc3ccccc3)CCC1CN(Cc1ccccc1)C2. The third kappa shape index (κ3) is 5.55. The topological polar surface area (TPSA) is 49.6 Å². The number of likely N-dealkylation sites (tertiary alicyclic amines) is 2. The van der Waals surface area contributed by atoms with Gasteiger partial charge in [0.2, 0.25) is 5.91 Å². The number of primary amides is 1. The van der Waals surface area contributed by atoms with Crippen LogP contribution in [0.4, 0.5) is 0 Å². The molecule has 0 bridgehead atoms.